The molecule has 0 saturated carbocycles. The average molecular weight is 414 g/mol. The van der Waals surface area contributed by atoms with Gasteiger partial charge in [0.1, 0.15) is 11.6 Å². The van der Waals surface area contributed by atoms with Crippen LogP contribution in [0.4, 0.5) is 4.39 Å². The van der Waals surface area contributed by atoms with Gasteiger partial charge in [0.25, 0.3) is 0 Å². The zero-order valence-corrected chi connectivity index (χ0v) is 16.3. The normalized spacial score (nSPS) is 11.2. The van der Waals surface area contributed by atoms with Crippen molar-refractivity contribution in [2.45, 2.75) is 0 Å². The molecule has 152 valence electrons. The lowest BCUT2D eigenvalue weighted by atomic mass is 10.1. The zero-order chi connectivity index (χ0) is 21.5. The topological polar surface area (TPSA) is 90.1 Å². The molecule has 3 heterocycles. The van der Waals surface area contributed by atoms with Crippen LogP contribution in [0.1, 0.15) is 16.1 Å². The van der Waals surface area contributed by atoms with E-state index in [1.54, 1.807) is 42.1 Å². The summed E-state index contributed by atoms with van der Waals surface area (Å²) in [5.41, 5.74) is 2.14. The van der Waals surface area contributed by atoms with Gasteiger partial charge in [-0.1, -0.05) is 0 Å². The quantitative estimate of drug-likeness (QED) is 0.439. The predicted octanol–water partition coefficient (Wildman–Crippen LogP) is 4.38. The van der Waals surface area contributed by atoms with Crippen molar-refractivity contribution in [1.29, 1.82) is 0 Å². The van der Waals surface area contributed by atoms with Gasteiger partial charge in [0.2, 0.25) is 11.7 Å². The van der Waals surface area contributed by atoms with E-state index in [-0.39, 0.29) is 17.7 Å². The molecule has 0 radical (unpaired) electrons. The molecule has 0 fully saturated rings. The summed E-state index contributed by atoms with van der Waals surface area (Å²) in [6, 6.07) is 14.1. The van der Waals surface area contributed by atoms with Gasteiger partial charge in [0.05, 0.1) is 22.8 Å². The zero-order valence-electron chi connectivity index (χ0n) is 16.3. The van der Waals surface area contributed by atoms with Crippen molar-refractivity contribution < 1.29 is 19.0 Å². The van der Waals surface area contributed by atoms with Crippen molar-refractivity contribution in [2.24, 2.45) is 7.05 Å². The summed E-state index contributed by atoms with van der Waals surface area (Å²) < 4.78 is 20.7. The highest BCUT2D eigenvalue weighted by atomic mass is 19.1. The fourth-order valence-corrected chi connectivity index (χ4v) is 3.45. The number of hydrogen-bond acceptors (Lipinski definition) is 6. The third kappa shape index (κ3) is 3.33. The van der Waals surface area contributed by atoms with Crippen LogP contribution in [0.3, 0.4) is 0 Å². The summed E-state index contributed by atoms with van der Waals surface area (Å²) in [5, 5.41) is 11.4. The van der Waals surface area contributed by atoms with E-state index in [1.807, 2.05) is 6.07 Å². The van der Waals surface area contributed by atoms with Crippen molar-refractivity contribution >= 4 is 27.6 Å². The van der Waals surface area contributed by atoms with E-state index >= 15 is 0 Å². The Kier molecular flexibility index (Phi) is 4.32. The molecule has 3 aromatic heterocycles. The molecule has 8 heteroatoms. The molecule has 5 rings (SSSR count). The number of nitrogens with zero attached hydrogens (tertiary/aromatic N) is 4. The minimum atomic E-state index is -0.395. The molecule has 7 nitrogen and oxygen atoms in total. The fourth-order valence-electron chi connectivity index (χ4n) is 3.45. The fraction of sp³-hybridized carbons (Fsp3) is 0.0435. The lowest BCUT2D eigenvalue weighted by molar-refractivity contribution is 0.103. The maximum atomic E-state index is 13.2. The number of rotatable bonds is 4. The Hall–Kier alpha value is -4.33. The van der Waals surface area contributed by atoms with Crippen LogP contribution in [0.25, 0.3) is 21.8 Å². The van der Waals surface area contributed by atoms with Gasteiger partial charge in [-0.3, -0.25) is 9.78 Å². The Balaban J connectivity index is 1.49. The molecule has 2 aromatic carbocycles. The molecule has 0 unspecified atom stereocenters. The number of ether oxygens (including phenoxy) is 1. The maximum absolute atomic E-state index is 13.2. The lowest BCUT2D eigenvalue weighted by Gasteiger charge is -2.07. The van der Waals surface area contributed by atoms with Crippen LogP contribution in [0.15, 0.2) is 67.0 Å². The molecule has 31 heavy (non-hydrogen) atoms. The first-order chi connectivity index (χ1) is 15.0. The number of halogens is 1. The van der Waals surface area contributed by atoms with Gasteiger partial charge in [-0.25, -0.2) is 4.39 Å². The number of fused-ring (bicyclic) bond motifs is 2. The Morgan fingerprint density at radius 3 is 2.68 bits per heavy atom. The second-order valence-electron chi connectivity index (χ2n) is 6.97. The molecule has 0 saturated heterocycles. The number of hydrogen-bond donors (Lipinski definition) is 1. The third-order valence-electron chi connectivity index (χ3n) is 5.02. The summed E-state index contributed by atoms with van der Waals surface area (Å²) in [4.78, 5) is 25.1. The van der Waals surface area contributed by atoms with Crippen LogP contribution in [0.5, 0.6) is 17.6 Å². The summed E-state index contributed by atoms with van der Waals surface area (Å²) in [5.74, 6) is -0.360. The van der Waals surface area contributed by atoms with Gasteiger partial charge in [-0.15, -0.1) is 0 Å². The molecule has 5 aromatic rings. The number of carbonyl (C=O) groups is 1. The first-order valence-corrected chi connectivity index (χ1v) is 9.38. The minimum Gasteiger partial charge on any atom is -0.493 e. The summed E-state index contributed by atoms with van der Waals surface area (Å²) in [6.07, 6.45) is 3.05. The summed E-state index contributed by atoms with van der Waals surface area (Å²) >= 11 is 0. The average Bonchev–Trinajstić information content (AvgIpc) is 3.09. The van der Waals surface area contributed by atoms with E-state index in [0.29, 0.717) is 27.9 Å². The molecule has 0 aliphatic heterocycles. The molecule has 0 amide bonds. The molecule has 1 N–H and O–H groups in total. The van der Waals surface area contributed by atoms with Gasteiger partial charge in [0, 0.05) is 29.7 Å². The molecule has 0 aliphatic carbocycles. The SMILES string of the molecule is Cn1c(C(=O)c2ccc(F)cc2)cc2cc(Oc3nc(O)c4ccncc4n3)ccc21. The molecule has 0 spiro atoms. The predicted molar refractivity (Wildman–Crippen MR) is 112 cm³/mol. The second kappa shape index (κ2) is 7.17. The lowest BCUT2D eigenvalue weighted by Crippen LogP contribution is -2.07. The summed E-state index contributed by atoms with van der Waals surface area (Å²) in [7, 11) is 1.79. The van der Waals surface area contributed by atoms with E-state index in [2.05, 4.69) is 15.0 Å². The highest BCUT2D eigenvalue weighted by Crippen LogP contribution is 2.29. The van der Waals surface area contributed by atoms with Gasteiger partial charge in [0.15, 0.2) is 0 Å². The Bertz CT molecular complexity index is 1460. The number of aryl methyl sites for hydroxylation is 1. The molecule has 0 aliphatic rings. The molecular formula is C23H15FN4O3. The largest absolute Gasteiger partial charge is 0.493 e. The number of aromatic hydroxyl groups is 1. The Morgan fingerprint density at radius 1 is 1.06 bits per heavy atom. The highest BCUT2D eigenvalue weighted by Gasteiger charge is 2.16. The third-order valence-corrected chi connectivity index (χ3v) is 5.02. The van der Waals surface area contributed by atoms with E-state index in [0.717, 1.165) is 10.9 Å². The van der Waals surface area contributed by atoms with E-state index < -0.39 is 5.82 Å². The van der Waals surface area contributed by atoms with Crippen LogP contribution in [0.2, 0.25) is 0 Å². The van der Waals surface area contributed by atoms with E-state index in [4.69, 9.17) is 4.74 Å². The number of ketones is 1. The maximum Gasteiger partial charge on any atom is 0.325 e. The Labute approximate surface area is 175 Å². The van der Waals surface area contributed by atoms with Gasteiger partial charge >= 0.3 is 6.01 Å². The molecule has 0 atom stereocenters. The van der Waals surface area contributed by atoms with Crippen molar-refractivity contribution in [2.75, 3.05) is 0 Å². The smallest absolute Gasteiger partial charge is 0.325 e. The first kappa shape index (κ1) is 18.7. The number of pyridine rings is 1. The van der Waals surface area contributed by atoms with Crippen molar-refractivity contribution in [3.63, 3.8) is 0 Å². The van der Waals surface area contributed by atoms with Gasteiger partial charge in [-0.2, -0.15) is 9.97 Å². The van der Waals surface area contributed by atoms with Gasteiger partial charge in [-0.05, 0) is 54.6 Å². The van der Waals surface area contributed by atoms with Crippen LogP contribution in [0, 0.1) is 5.82 Å². The Morgan fingerprint density at radius 2 is 1.87 bits per heavy atom. The van der Waals surface area contributed by atoms with Crippen LogP contribution in [-0.4, -0.2) is 30.4 Å². The second-order valence-corrected chi connectivity index (χ2v) is 6.97. The van der Waals surface area contributed by atoms with Crippen molar-refractivity contribution in [3.8, 4) is 17.6 Å². The van der Waals surface area contributed by atoms with Crippen LogP contribution >= 0.6 is 0 Å². The minimum absolute atomic E-state index is 0.0177. The summed E-state index contributed by atoms with van der Waals surface area (Å²) in [6.45, 7) is 0. The van der Waals surface area contributed by atoms with Crippen LogP contribution < -0.4 is 4.74 Å². The van der Waals surface area contributed by atoms with Crippen LogP contribution in [-0.2, 0) is 7.05 Å². The standard InChI is InChI=1S/C23H15FN4O3/c1-28-19-7-6-16(31-23-26-18-12-25-9-8-17(18)22(30)27-23)10-14(19)11-20(28)21(29)13-2-4-15(24)5-3-13/h2-12H,1H3,(H,26,27,30). The van der Waals surface area contributed by atoms with E-state index in [1.165, 1.54) is 30.5 Å². The van der Waals surface area contributed by atoms with E-state index in [9.17, 15) is 14.3 Å². The first-order valence-electron chi connectivity index (χ1n) is 9.38. The van der Waals surface area contributed by atoms with Crippen molar-refractivity contribution in [3.05, 3.63) is 84.1 Å². The number of aromatic nitrogens is 4. The monoisotopic (exact) mass is 414 g/mol. The van der Waals surface area contributed by atoms with Gasteiger partial charge < -0.3 is 14.4 Å². The molecule has 0 bridgehead atoms. The molecular weight excluding hydrogens is 399 g/mol. The number of benzene rings is 2. The number of carbonyl (C=O) groups excluding carboxylic acids is 1. The highest BCUT2D eigenvalue weighted by molar-refractivity contribution is 6.10. The van der Waals surface area contributed by atoms with Crippen molar-refractivity contribution in [1.82, 2.24) is 19.5 Å².